The van der Waals surface area contributed by atoms with Gasteiger partial charge in [0.15, 0.2) is 0 Å². The number of rotatable bonds is 5. The van der Waals surface area contributed by atoms with Gasteiger partial charge in [0, 0.05) is 12.8 Å². The second kappa shape index (κ2) is 6.76. The van der Waals surface area contributed by atoms with E-state index in [1.165, 1.54) is 12.4 Å². The molecule has 4 rings (SSSR count). The average Bonchev–Trinajstić information content (AvgIpc) is 3.05. The van der Waals surface area contributed by atoms with Gasteiger partial charge in [-0.1, -0.05) is 0 Å². The van der Waals surface area contributed by atoms with Crippen molar-refractivity contribution < 1.29 is 14.3 Å². The molecule has 7 heteroatoms. The third-order valence-electron chi connectivity index (χ3n) is 5.00. The van der Waals surface area contributed by atoms with Crippen LogP contribution < -0.4 is 4.74 Å². The first-order valence-electron chi connectivity index (χ1n) is 8.50. The summed E-state index contributed by atoms with van der Waals surface area (Å²) in [5, 5.41) is 7.48. The standard InChI is InChI=1S/C18H20N4O3/c23-17(14-3-7-20-21-10-14)22-12-18(13-22)15(5-9-25-18)4-8-24-16-2-1-6-19-11-16/h1-3,6-7,10-11,15H,4-5,8-9,12-13H2. The zero-order valence-electron chi connectivity index (χ0n) is 13.9. The second-order valence-corrected chi connectivity index (χ2v) is 6.52. The third-order valence-corrected chi connectivity index (χ3v) is 5.00. The Morgan fingerprint density at radius 3 is 2.96 bits per heavy atom. The second-order valence-electron chi connectivity index (χ2n) is 6.52. The van der Waals surface area contributed by atoms with Crippen LogP contribution in [0.4, 0.5) is 0 Å². The molecule has 1 atom stereocenters. The van der Waals surface area contributed by atoms with E-state index in [0.29, 0.717) is 31.2 Å². The molecule has 1 spiro atoms. The van der Waals surface area contributed by atoms with Gasteiger partial charge in [-0.25, -0.2) is 0 Å². The number of pyridine rings is 1. The van der Waals surface area contributed by atoms with Crippen molar-refractivity contribution in [1.29, 1.82) is 0 Å². The molecular formula is C18H20N4O3. The lowest BCUT2D eigenvalue weighted by Crippen LogP contribution is -2.66. The maximum absolute atomic E-state index is 12.4. The van der Waals surface area contributed by atoms with Crippen LogP contribution in [0.15, 0.2) is 43.0 Å². The summed E-state index contributed by atoms with van der Waals surface area (Å²) >= 11 is 0. The zero-order valence-corrected chi connectivity index (χ0v) is 13.9. The molecule has 2 aromatic rings. The summed E-state index contributed by atoms with van der Waals surface area (Å²) in [6, 6.07) is 5.45. The largest absolute Gasteiger partial charge is 0.492 e. The topological polar surface area (TPSA) is 77.4 Å². The highest BCUT2D eigenvalue weighted by Gasteiger charge is 2.54. The van der Waals surface area contributed by atoms with Crippen LogP contribution >= 0.6 is 0 Å². The Morgan fingerprint density at radius 2 is 2.20 bits per heavy atom. The summed E-state index contributed by atoms with van der Waals surface area (Å²) in [6.07, 6.45) is 8.40. The number of carbonyl (C=O) groups is 1. The minimum atomic E-state index is -0.214. The minimum absolute atomic E-state index is 0.0126. The molecule has 4 heterocycles. The number of ether oxygens (including phenoxy) is 2. The molecule has 130 valence electrons. The third kappa shape index (κ3) is 3.19. The quantitative estimate of drug-likeness (QED) is 0.822. The van der Waals surface area contributed by atoms with Crippen LogP contribution in [-0.4, -0.2) is 57.9 Å². The predicted octanol–water partition coefficient (Wildman–Crippen LogP) is 1.57. The van der Waals surface area contributed by atoms with Crippen molar-refractivity contribution in [3.8, 4) is 5.75 Å². The van der Waals surface area contributed by atoms with Crippen molar-refractivity contribution in [1.82, 2.24) is 20.1 Å². The van der Waals surface area contributed by atoms with E-state index in [4.69, 9.17) is 9.47 Å². The number of carbonyl (C=O) groups excluding carboxylic acids is 1. The van der Waals surface area contributed by atoms with E-state index in [9.17, 15) is 4.79 Å². The number of nitrogens with zero attached hydrogens (tertiary/aromatic N) is 4. The number of aromatic nitrogens is 3. The Bertz CT molecular complexity index is 720. The fourth-order valence-electron chi connectivity index (χ4n) is 3.64. The normalized spacial score (nSPS) is 21.1. The van der Waals surface area contributed by atoms with Crippen molar-refractivity contribution in [3.05, 3.63) is 48.5 Å². The Labute approximate surface area is 146 Å². The molecule has 0 radical (unpaired) electrons. The molecule has 2 aliphatic heterocycles. The molecule has 1 amide bonds. The molecule has 2 saturated heterocycles. The van der Waals surface area contributed by atoms with Gasteiger partial charge in [0.05, 0.1) is 43.9 Å². The Kier molecular flexibility index (Phi) is 4.31. The van der Waals surface area contributed by atoms with Gasteiger partial charge in [-0.2, -0.15) is 10.2 Å². The van der Waals surface area contributed by atoms with Crippen molar-refractivity contribution in [3.63, 3.8) is 0 Å². The molecule has 25 heavy (non-hydrogen) atoms. The summed E-state index contributed by atoms with van der Waals surface area (Å²) in [5.74, 6) is 1.18. The van der Waals surface area contributed by atoms with Crippen LogP contribution in [0.3, 0.4) is 0 Å². The Hall–Kier alpha value is -2.54. The first-order chi connectivity index (χ1) is 12.3. The summed E-state index contributed by atoms with van der Waals surface area (Å²) in [5.41, 5.74) is 0.355. The maximum Gasteiger partial charge on any atom is 0.255 e. The lowest BCUT2D eigenvalue weighted by molar-refractivity contribution is -0.119. The van der Waals surface area contributed by atoms with Gasteiger partial charge in [-0.3, -0.25) is 9.78 Å². The molecule has 2 aromatic heterocycles. The van der Waals surface area contributed by atoms with Gasteiger partial charge in [0.25, 0.3) is 5.91 Å². The van der Waals surface area contributed by atoms with Crippen LogP contribution in [-0.2, 0) is 4.74 Å². The van der Waals surface area contributed by atoms with Crippen LogP contribution in [0.5, 0.6) is 5.75 Å². The van der Waals surface area contributed by atoms with Crippen molar-refractivity contribution in [2.75, 3.05) is 26.3 Å². The highest BCUT2D eigenvalue weighted by Crippen LogP contribution is 2.42. The molecule has 1 unspecified atom stereocenters. The molecule has 0 bridgehead atoms. The van der Waals surface area contributed by atoms with E-state index < -0.39 is 0 Å². The monoisotopic (exact) mass is 340 g/mol. The van der Waals surface area contributed by atoms with Crippen molar-refractivity contribution in [2.24, 2.45) is 5.92 Å². The van der Waals surface area contributed by atoms with Crippen LogP contribution in [0.25, 0.3) is 0 Å². The molecule has 2 aliphatic rings. The van der Waals surface area contributed by atoms with Crippen molar-refractivity contribution in [2.45, 2.75) is 18.4 Å². The van der Waals surface area contributed by atoms with E-state index >= 15 is 0 Å². The Balaban J connectivity index is 1.31. The smallest absolute Gasteiger partial charge is 0.255 e. The lowest BCUT2D eigenvalue weighted by Gasteiger charge is -2.50. The number of amides is 1. The lowest BCUT2D eigenvalue weighted by atomic mass is 9.79. The maximum atomic E-state index is 12.4. The summed E-state index contributed by atoms with van der Waals surface area (Å²) in [6.45, 7) is 2.64. The van der Waals surface area contributed by atoms with Gasteiger partial charge in [-0.05, 0) is 37.0 Å². The molecular weight excluding hydrogens is 320 g/mol. The molecule has 2 fully saturated rings. The van der Waals surface area contributed by atoms with E-state index in [1.807, 2.05) is 17.0 Å². The zero-order chi connectivity index (χ0) is 17.1. The number of hydrogen-bond acceptors (Lipinski definition) is 6. The first-order valence-corrected chi connectivity index (χ1v) is 8.50. The average molecular weight is 340 g/mol. The van der Waals surface area contributed by atoms with Crippen LogP contribution in [0.2, 0.25) is 0 Å². The number of hydrogen-bond donors (Lipinski definition) is 0. The highest BCUT2D eigenvalue weighted by molar-refractivity contribution is 5.94. The minimum Gasteiger partial charge on any atom is -0.492 e. The highest BCUT2D eigenvalue weighted by atomic mass is 16.5. The molecule has 0 aromatic carbocycles. The Morgan fingerprint density at radius 1 is 1.28 bits per heavy atom. The molecule has 0 saturated carbocycles. The summed E-state index contributed by atoms with van der Waals surface area (Å²) < 4.78 is 11.8. The van der Waals surface area contributed by atoms with Gasteiger partial charge >= 0.3 is 0 Å². The van der Waals surface area contributed by atoms with Gasteiger partial charge < -0.3 is 14.4 Å². The van der Waals surface area contributed by atoms with E-state index in [1.54, 1.807) is 18.5 Å². The van der Waals surface area contributed by atoms with Gasteiger partial charge in [0.2, 0.25) is 0 Å². The number of likely N-dealkylation sites (tertiary alicyclic amines) is 1. The first kappa shape index (κ1) is 16.0. The van der Waals surface area contributed by atoms with Gasteiger partial charge in [-0.15, -0.1) is 0 Å². The molecule has 7 nitrogen and oxygen atoms in total. The molecule has 0 aliphatic carbocycles. The molecule has 0 N–H and O–H groups in total. The predicted molar refractivity (Wildman–Crippen MR) is 89.1 cm³/mol. The summed E-state index contributed by atoms with van der Waals surface area (Å²) in [7, 11) is 0. The van der Waals surface area contributed by atoms with Gasteiger partial charge in [0.1, 0.15) is 11.4 Å². The van der Waals surface area contributed by atoms with Crippen molar-refractivity contribution >= 4 is 5.91 Å². The van der Waals surface area contributed by atoms with E-state index in [-0.39, 0.29) is 11.5 Å². The van der Waals surface area contributed by atoms with Crippen LogP contribution in [0.1, 0.15) is 23.2 Å². The van der Waals surface area contributed by atoms with Crippen LogP contribution in [0, 0.1) is 5.92 Å². The summed E-state index contributed by atoms with van der Waals surface area (Å²) in [4.78, 5) is 18.3. The van der Waals surface area contributed by atoms with E-state index in [2.05, 4.69) is 15.2 Å². The fourth-order valence-corrected chi connectivity index (χ4v) is 3.64. The van der Waals surface area contributed by atoms with E-state index in [0.717, 1.165) is 25.2 Å². The fraction of sp³-hybridized carbons (Fsp3) is 0.444. The SMILES string of the molecule is O=C(c1ccnnc1)N1CC2(C1)OCCC2CCOc1cccnc1.